The quantitative estimate of drug-likeness (QED) is 0.131. The average Bonchev–Trinajstić information content (AvgIpc) is 2.81. The first-order valence-electron chi connectivity index (χ1n) is 11.8. The van der Waals surface area contributed by atoms with Crippen molar-refractivity contribution in [2.24, 2.45) is 5.92 Å². The van der Waals surface area contributed by atoms with Crippen molar-refractivity contribution in [3.05, 3.63) is 23.7 Å². The molecule has 0 aliphatic carbocycles. The van der Waals surface area contributed by atoms with Gasteiger partial charge in [-0.25, -0.2) is 0 Å². The third-order valence-corrected chi connectivity index (χ3v) is 11.0. The zero-order valence-electron chi connectivity index (χ0n) is 20.4. The average molecular weight is 537 g/mol. The van der Waals surface area contributed by atoms with E-state index in [2.05, 4.69) is 26.5 Å². The summed E-state index contributed by atoms with van der Waals surface area (Å²) >= 11 is 9.55. The Balaban J connectivity index is 1.84. The zero-order valence-corrected chi connectivity index (χ0v) is 24.1. The van der Waals surface area contributed by atoms with Crippen LogP contribution in [0.25, 0.3) is 0 Å². The van der Waals surface area contributed by atoms with Crippen LogP contribution in [0.5, 0.6) is 0 Å². The van der Waals surface area contributed by atoms with Crippen molar-refractivity contribution in [2.45, 2.75) is 65.5 Å². The molecule has 0 aromatic rings. The maximum absolute atomic E-state index is 6.30. The first-order valence-corrected chi connectivity index (χ1v) is 16.7. The van der Waals surface area contributed by atoms with E-state index in [1.165, 1.54) is 0 Å². The highest BCUT2D eigenvalue weighted by Gasteiger charge is 2.46. The summed E-state index contributed by atoms with van der Waals surface area (Å²) in [6.45, 7) is 10.7. The lowest BCUT2D eigenvalue weighted by Crippen LogP contribution is -2.49. The predicted molar refractivity (Wildman–Crippen MR) is 140 cm³/mol. The molecular weight excluding hydrogens is 497 g/mol. The van der Waals surface area contributed by atoms with Gasteiger partial charge >= 0.3 is 17.6 Å². The van der Waals surface area contributed by atoms with Crippen molar-refractivity contribution >= 4 is 47.5 Å². The summed E-state index contributed by atoms with van der Waals surface area (Å²) in [5.74, 6) is 0.899. The van der Waals surface area contributed by atoms with Crippen molar-refractivity contribution in [3.8, 4) is 0 Å². The number of thiocarbonyl (C=S) groups is 1. The summed E-state index contributed by atoms with van der Waals surface area (Å²) in [4.78, 5) is 0. The third kappa shape index (κ3) is 10.4. The van der Waals surface area contributed by atoms with Crippen molar-refractivity contribution < 1.29 is 31.3 Å². The molecule has 2 aliphatic heterocycles. The Hall–Kier alpha value is -0.406. The van der Waals surface area contributed by atoms with Gasteiger partial charge in [0.05, 0.1) is 32.3 Å². The maximum atomic E-state index is 6.30. The van der Waals surface area contributed by atoms with Crippen LogP contribution in [0.15, 0.2) is 23.7 Å². The van der Waals surface area contributed by atoms with Crippen molar-refractivity contribution in [2.75, 3.05) is 38.8 Å². The van der Waals surface area contributed by atoms with E-state index in [0.29, 0.717) is 44.1 Å². The molecule has 0 spiro atoms. The molecule has 2 heterocycles. The van der Waals surface area contributed by atoms with Gasteiger partial charge in [-0.15, -0.1) is 0 Å². The minimum atomic E-state index is -2.82. The standard InChI is InChI=1S/C22H40O7S2Si2/c1-5-8-22(31)23-9-6-11-32(24-13-19(2)14-25-32)26-15-20(3)16-27-33(12-7-10-30)28-17-21(4)18-29-33/h13,17,20,30H,5-12,14-16,18H2,1-4H3. The molecule has 0 radical (unpaired) electrons. The van der Waals surface area contributed by atoms with Crippen molar-refractivity contribution in [1.82, 2.24) is 0 Å². The number of thiol groups is 1. The van der Waals surface area contributed by atoms with E-state index in [9.17, 15) is 0 Å². The van der Waals surface area contributed by atoms with Crippen LogP contribution < -0.4 is 0 Å². The van der Waals surface area contributed by atoms with Crippen LogP contribution in [0.2, 0.25) is 12.1 Å². The maximum Gasteiger partial charge on any atom is 0.566 e. The molecule has 2 aliphatic rings. The van der Waals surface area contributed by atoms with Gasteiger partial charge in [-0.1, -0.05) is 13.8 Å². The van der Waals surface area contributed by atoms with E-state index >= 15 is 0 Å². The first-order chi connectivity index (χ1) is 15.8. The van der Waals surface area contributed by atoms with E-state index < -0.39 is 17.6 Å². The summed E-state index contributed by atoms with van der Waals surface area (Å²) in [5.41, 5.74) is 2.11. The molecule has 0 aromatic heterocycles. The Bertz CT molecular complexity index is 679. The summed E-state index contributed by atoms with van der Waals surface area (Å²) in [5, 5.41) is 0.661. The Morgan fingerprint density at radius 1 is 1.03 bits per heavy atom. The fourth-order valence-electron chi connectivity index (χ4n) is 3.16. The molecule has 2 rings (SSSR count). The molecule has 0 N–H and O–H groups in total. The van der Waals surface area contributed by atoms with E-state index in [1.807, 2.05) is 13.8 Å². The summed E-state index contributed by atoms with van der Waals surface area (Å²) in [6.07, 6.45) is 7.01. The largest absolute Gasteiger partial charge is 0.566 e. The second-order valence-corrected chi connectivity index (χ2v) is 15.0. The lowest BCUT2D eigenvalue weighted by atomic mass is 10.2. The molecule has 3 atom stereocenters. The lowest BCUT2D eigenvalue weighted by molar-refractivity contribution is 0.0403. The van der Waals surface area contributed by atoms with E-state index in [0.717, 1.165) is 48.6 Å². The molecular formula is C22H40O7S2Si2. The van der Waals surface area contributed by atoms with E-state index in [4.69, 9.17) is 43.5 Å². The smallest absolute Gasteiger partial charge is 0.507 e. The van der Waals surface area contributed by atoms with Crippen LogP contribution in [-0.2, 0) is 31.3 Å². The molecule has 0 saturated heterocycles. The van der Waals surface area contributed by atoms with Gasteiger partial charge in [-0.2, -0.15) is 12.6 Å². The monoisotopic (exact) mass is 536 g/mol. The summed E-state index contributed by atoms with van der Waals surface area (Å²) in [6, 6.07) is 1.43. The fourth-order valence-corrected chi connectivity index (χ4v) is 9.07. The van der Waals surface area contributed by atoms with Crippen molar-refractivity contribution in [3.63, 3.8) is 0 Å². The zero-order chi connectivity index (χ0) is 24.2. The minimum Gasteiger partial charge on any atom is -0.507 e. The molecule has 0 bridgehead atoms. The molecule has 11 heteroatoms. The Kier molecular flexibility index (Phi) is 13.0. The third-order valence-electron chi connectivity index (χ3n) is 5.08. The van der Waals surface area contributed by atoms with Crippen molar-refractivity contribution in [1.29, 1.82) is 0 Å². The highest BCUT2D eigenvalue weighted by atomic mass is 32.1. The number of hydrogen-bond donors (Lipinski definition) is 1. The minimum absolute atomic E-state index is 0.126. The van der Waals surface area contributed by atoms with E-state index in [-0.39, 0.29) is 5.92 Å². The SMILES string of the molecule is CCCC(=S)OCCC[Si]1(OCC(C)CO[Si]2(CCCS)OC=C(C)CO2)OC=C(C)CO1. The van der Waals surface area contributed by atoms with Crippen LogP contribution in [0.4, 0.5) is 0 Å². The second-order valence-electron chi connectivity index (χ2n) is 8.74. The molecule has 0 aromatic carbocycles. The molecule has 0 fully saturated rings. The van der Waals surface area contributed by atoms with Crippen LogP contribution in [0.1, 0.15) is 53.4 Å². The molecule has 7 nitrogen and oxygen atoms in total. The van der Waals surface area contributed by atoms with E-state index in [1.54, 1.807) is 12.5 Å². The lowest BCUT2D eigenvalue weighted by Gasteiger charge is -2.34. The van der Waals surface area contributed by atoms with Gasteiger partial charge < -0.3 is 31.3 Å². The van der Waals surface area contributed by atoms with Crippen LogP contribution >= 0.6 is 24.8 Å². The molecule has 190 valence electrons. The van der Waals surface area contributed by atoms with Gasteiger partial charge in [0.2, 0.25) is 0 Å². The number of rotatable bonds is 15. The first kappa shape index (κ1) is 28.8. The normalized spacial score (nSPS) is 26.0. The van der Waals surface area contributed by atoms with Gasteiger partial charge in [0, 0.05) is 37.6 Å². The molecule has 33 heavy (non-hydrogen) atoms. The second kappa shape index (κ2) is 14.9. The Morgan fingerprint density at radius 3 is 2.03 bits per heavy atom. The van der Waals surface area contributed by atoms with Crippen LogP contribution in [-0.4, -0.2) is 61.4 Å². The molecule has 0 amide bonds. The van der Waals surface area contributed by atoms with Gasteiger partial charge in [-0.3, -0.25) is 0 Å². The van der Waals surface area contributed by atoms with Crippen LogP contribution in [0.3, 0.4) is 0 Å². The highest BCUT2D eigenvalue weighted by Crippen LogP contribution is 2.27. The van der Waals surface area contributed by atoms with Gasteiger partial charge in [-0.05, 0) is 62.2 Å². The molecule has 0 saturated carbocycles. The number of ether oxygens (including phenoxy) is 1. The summed E-state index contributed by atoms with van der Waals surface area (Å²) in [7, 11) is -5.54. The van der Waals surface area contributed by atoms with Crippen LogP contribution in [0, 0.1) is 5.92 Å². The molecule has 3 unspecified atom stereocenters. The Labute approximate surface area is 212 Å². The fraction of sp³-hybridized carbons (Fsp3) is 0.773. The van der Waals surface area contributed by atoms with Gasteiger partial charge in [0.1, 0.15) is 0 Å². The highest BCUT2D eigenvalue weighted by molar-refractivity contribution is 7.80. The Morgan fingerprint density at radius 2 is 1.58 bits per heavy atom. The summed E-state index contributed by atoms with van der Waals surface area (Å²) < 4.78 is 42.3. The van der Waals surface area contributed by atoms with Gasteiger partial charge in [0.15, 0.2) is 5.05 Å². The topological polar surface area (TPSA) is 64.6 Å². The predicted octanol–water partition coefficient (Wildman–Crippen LogP) is 5.29. The van der Waals surface area contributed by atoms with Gasteiger partial charge in [0.25, 0.3) is 0 Å². The number of hydrogen-bond acceptors (Lipinski definition) is 9.